The monoisotopic (exact) mass is 253 g/mol. The highest BCUT2D eigenvalue weighted by Gasteiger charge is 2.18. The summed E-state index contributed by atoms with van der Waals surface area (Å²) in [6.45, 7) is 9.99. The molecular formula is C14H27N3O. The van der Waals surface area contributed by atoms with Crippen LogP contribution in [-0.2, 0) is 24.1 Å². The maximum atomic E-state index is 6.25. The first-order valence-corrected chi connectivity index (χ1v) is 7.08. The minimum atomic E-state index is 0.0432. The van der Waals surface area contributed by atoms with E-state index in [0.29, 0.717) is 0 Å². The van der Waals surface area contributed by atoms with Crippen LogP contribution in [0.25, 0.3) is 0 Å². The predicted molar refractivity (Wildman–Crippen MR) is 74.7 cm³/mol. The third-order valence-corrected chi connectivity index (χ3v) is 3.28. The Labute approximate surface area is 111 Å². The van der Waals surface area contributed by atoms with E-state index in [1.807, 2.05) is 6.92 Å². The lowest BCUT2D eigenvalue weighted by Crippen LogP contribution is -2.38. The fraction of sp³-hybridized carbons (Fsp3) is 0.786. The molecule has 1 aromatic heterocycles. The number of aromatic nitrogens is 2. The zero-order valence-corrected chi connectivity index (χ0v) is 12.1. The van der Waals surface area contributed by atoms with Crippen molar-refractivity contribution < 1.29 is 4.74 Å². The quantitative estimate of drug-likeness (QED) is 0.772. The Morgan fingerprint density at radius 2 is 2.06 bits per heavy atom. The van der Waals surface area contributed by atoms with Gasteiger partial charge in [-0.05, 0) is 32.8 Å². The molecule has 0 aromatic carbocycles. The summed E-state index contributed by atoms with van der Waals surface area (Å²) in [6.07, 6.45) is 2.90. The summed E-state index contributed by atoms with van der Waals surface area (Å²) in [4.78, 5) is 0. The van der Waals surface area contributed by atoms with Crippen molar-refractivity contribution >= 4 is 0 Å². The second-order valence-corrected chi connectivity index (χ2v) is 4.57. The summed E-state index contributed by atoms with van der Waals surface area (Å²) in [6, 6.07) is 2.21. The lowest BCUT2D eigenvalue weighted by molar-refractivity contribution is 0.0413. The van der Waals surface area contributed by atoms with Crippen molar-refractivity contribution in [3.8, 4) is 0 Å². The number of hydrogen-bond acceptors (Lipinski definition) is 3. The van der Waals surface area contributed by atoms with Gasteiger partial charge in [-0.3, -0.25) is 4.68 Å². The van der Waals surface area contributed by atoms with Crippen molar-refractivity contribution in [3.05, 3.63) is 17.5 Å². The van der Waals surface area contributed by atoms with E-state index in [0.717, 1.165) is 38.1 Å². The smallest absolute Gasteiger partial charge is 0.0727 e. The van der Waals surface area contributed by atoms with E-state index in [4.69, 9.17) is 10.5 Å². The molecule has 0 fully saturated rings. The van der Waals surface area contributed by atoms with Gasteiger partial charge in [0, 0.05) is 31.3 Å². The molecule has 0 saturated heterocycles. The number of hydrogen-bond donors (Lipinski definition) is 1. The SMILES string of the molecule is CCOC(CC)C(N)Cc1cc(CC)nn1CC. The van der Waals surface area contributed by atoms with Crippen LogP contribution >= 0.6 is 0 Å². The zero-order valence-electron chi connectivity index (χ0n) is 12.1. The highest BCUT2D eigenvalue weighted by Crippen LogP contribution is 2.12. The van der Waals surface area contributed by atoms with Gasteiger partial charge in [-0.25, -0.2) is 0 Å². The average molecular weight is 253 g/mol. The molecule has 104 valence electrons. The molecule has 4 nitrogen and oxygen atoms in total. The second kappa shape index (κ2) is 7.54. The molecule has 0 amide bonds. The van der Waals surface area contributed by atoms with Gasteiger partial charge in [0.05, 0.1) is 11.8 Å². The lowest BCUT2D eigenvalue weighted by atomic mass is 10.0. The van der Waals surface area contributed by atoms with Crippen LogP contribution in [-0.4, -0.2) is 28.5 Å². The van der Waals surface area contributed by atoms with Gasteiger partial charge in [-0.15, -0.1) is 0 Å². The molecule has 2 atom stereocenters. The van der Waals surface area contributed by atoms with Crippen LogP contribution in [0.1, 0.15) is 45.5 Å². The average Bonchev–Trinajstić information content (AvgIpc) is 2.77. The van der Waals surface area contributed by atoms with Crippen LogP contribution < -0.4 is 5.73 Å². The molecule has 1 rings (SSSR count). The van der Waals surface area contributed by atoms with E-state index >= 15 is 0 Å². The second-order valence-electron chi connectivity index (χ2n) is 4.57. The van der Waals surface area contributed by atoms with Crippen LogP contribution in [0.2, 0.25) is 0 Å². The maximum Gasteiger partial charge on any atom is 0.0727 e. The first-order valence-electron chi connectivity index (χ1n) is 7.08. The van der Waals surface area contributed by atoms with Gasteiger partial charge in [0.2, 0.25) is 0 Å². The van der Waals surface area contributed by atoms with Crippen molar-refractivity contribution in [2.45, 2.75) is 65.6 Å². The van der Waals surface area contributed by atoms with E-state index in [-0.39, 0.29) is 12.1 Å². The van der Waals surface area contributed by atoms with E-state index < -0.39 is 0 Å². The van der Waals surface area contributed by atoms with Gasteiger partial charge in [0.1, 0.15) is 0 Å². The van der Waals surface area contributed by atoms with E-state index in [1.165, 1.54) is 5.69 Å². The molecule has 0 radical (unpaired) electrons. The molecule has 0 aliphatic carbocycles. The van der Waals surface area contributed by atoms with Gasteiger partial charge in [-0.1, -0.05) is 13.8 Å². The van der Waals surface area contributed by atoms with Crippen LogP contribution in [0.3, 0.4) is 0 Å². The fourth-order valence-corrected chi connectivity index (χ4v) is 2.26. The zero-order chi connectivity index (χ0) is 13.5. The fourth-order valence-electron chi connectivity index (χ4n) is 2.26. The van der Waals surface area contributed by atoms with Crippen LogP contribution in [0, 0.1) is 0 Å². The highest BCUT2D eigenvalue weighted by atomic mass is 16.5. The number of aryl methyl sites for hydroxylation is 2. The Kier molecular flexibility index (Phi) is 6.36. The molecule has 4 heteroatoms. The Bertz CT molecular complexity index is 349. The molecule has 0 saturated carbocycles. The van der Waals surface area contributed by atoms with E-state index in [1.54, 1.807) is 0 Å². The minimum Gasteiger partial charge on any atom is -0.377 e. The Balaban J connectivity index is 2.73. The summed E-state index contributed by atoms with van der Waals surface area (Å²) >= 11 is 0. The van der Waals surface area contributed by atoms with Crippen molar-refractivity contribution in [2.75, 3.05) is 6.61 Å². The maximum absolute atomic E-state index is 6.25. The molecule has 0 spiro atoms. The van der Waals surface area contributed by atoms with Gasteiger partial charge < -0.3 is 10.5 Å². The van der Waals surface area contributed by atoms with Crippen molar-refractivity contribution in [2.24, 2.45) is 5.73 Å². The van der Waals surface area contributed by atoms with Crippen LogP contribution in [0.4, 0.5) is 0 Å². The van der Waals surface area contributed by atoms with Crippen molar-refractivity contribution in [3.63, 3.8) is 0 Å². The van der Waals surface area contributed by atoms with Crippen LogP contribution in [0.15, 0.2) is 6.07 Å². The molecule has 2 N–H and O–H groups in total. The molecular weight excluding hydrogens is 226 g/mol. The molecule has 0 aliphatic heterocycles. The molecule has 0 bridgehead atoms. The first-order chi connectivity index (χ1) is 8.65. The van der Waals surface area contributed by atoms with E-state index in [2.05, 4.69) is 36.6 Å². The van der Waals surface area contributed by atoms with E-state index in [9.17, 15) is 0 Å². The number of rotatable bonds is 8. The number of ether oxygens (including phenoxy) is 1. The Morgan fingerprint density at radius 3 is 2.56 bits per heavy atom. The predicted octanol–water partition coefficient (Wildman–Crippen LogP) is 2.15. The standard InChI is InChI=1S/C14H27N3O/c1-5-11-9-12(17(7-3)16-11)10-13(15)14(6-2)18-8-4/h9,13-14H,5-8,10,15H2,1-4H3. The highest BCUT2D eigenvalue weighted by molar-refractivity contribution is 5.12. The summed E-state index contributed by atoms with van der Waals surface area (Å²) in [5.74, 6) is 0. The summed E-state index contributed by atoms with van der Waals surface area (Å²) in [7, 11) is 0. The topological polar surface area (TPSA) is 53.1 Å². The summed E-state index contributed by atoms with van der Waals surface area (Å²) in [5.41, 5.74) is 8.62. The minimum absolute atomic E-state index is 0.0432. The third-order valence-electron chi connectivity index (χ3n) is 3.28. The molecule has 18 heavy (non-hydrogen) atoms. The van der Waals surface area contributed by atoms with Gasteiger partial charge in [0.15, 0.2) is 0 Å². The van der Waals surface area contributed by atoms with Crippen molar-refractivity contribution in [1.82, 2.24) is 9.78 Å². The number of nitrogens with zero attached hydrogens (tertiary/aromatic N) is 2. The lowest BCUT2D eigenvalue weighted by Gasteiger charge is -2.22. The Hall–Kier alpha value is -0.870. The van der Waals surface area contributed by atoms with Gasteiger partial charge >= 0.3 is 0 Å². The van der Waals surface area contributed by atoms with Crippen molar-refractivity contribution in [1.29, 1.82) is 0 Å². The summed E-state index contributed by atoms with van der Waals surface area (Å²) < 4.78 is 7.73. The number of nitrogens with two attached hydrogens (primary N) is 1. The largest absolute Gasteiger partial charge is 0.377 e. The molecule has 2 unspecified atom stereocenters. The summed E-state index contributed by atoms with van der Waals surface area (Å²) in [5, 5.41) is 4.55. The molecule has 1 aromatic rings. The molecule has 0 aliphatic rings. The first kappa shape index (κ1) is 15.2. The van der Waals surface area contributed by atoms with Crippen LogP contribution in [0.5, 0.6) is 0 Å². The third kappa shape index (κ3) is 3.82. The Morgan fingerprint density at radius 1 is 1.33 bits per heavy atom. The molecule has 1 heterocycles. The van der Waals surface area contributed by atoms with Gasteiger partial charge in [-0.2, -0.15) is 5.10 Å². The van der Waals surface area contributed by atoms with Gasteiger partial charge in [0.25, 0.3) is 0 Å². The normalized spacial score (nSPS) is 14.7.